The van der Waals surface area contributed by atoms with Gasteiger partial charge in [-0.25, -0.2) is 4.98 Å². The maximum Gasteiger partial charge on any atom is 0.226 e. The minimum absolute atomic E-state index is 0.0849. The number of aromatic nitrogens is 1. The molecule has 1 aromatic heterocycles. The van der Waals surface area contributed by atoms with E-state index in [9.17, 15) is 4.79 Å². The molecule has 0 aliphatic heterocycles. The summed E-state index contributed by atoms with van der Waals surface area (Å²) in [5.41, 5.74) is 1.20. The van der Waals surface area contributed by atoms with Crippen molar-refractivity contribution in [2.45, 2.75) is 46.0 Å². The number of carbonyl (C=O) groups is 1. The van der Waals surface area contributed by atoms with Crippen molar-refractivity contribution in [3.8, 4) is 0 Å². The van der Waals surface area contributed by atoms with Crippen LogP contribution in [0.15, 0.2) is 0 Å². The molecule has 1 aliphatic rings. The molecule has 0 saturated heterocycles. The molecule has 0 bridgehead atoms. The Morgan fingerprint density at radius 1 is 1.62 bits per heavy atom. The van der Waals surface area contributed by atoms with Crippen LogP contribution in [-0.4, -0.2) is 10.9 Å². The molecule has 1 atom stereocenters. The molecular formula is C12H18N2OS. The monoisotopic (exact) mass is 238 g/mol. The van der Waals surface area contributed by atoms with Gasteiger partial charge in [-0.2, -0.15) is 0 Å². The summed E-state index contributed by atoms with van der Waals surface area (Å²) in [6.07, 6.45) is 4.88. The van der Waals surface area contributed by atoms with Gasteiger partial charge in [0.05, 0.1) is 5.69 Å². The van der Waals surface area contributed by atoms with Crippen LogP contribution in [0.5, 0.6) is 0 Å². The fourth-order valence-corrected chi connectivity index (χ4v) is 3.19. The summed E-state index contributed by atoms with van der Waals surface area (Å²) in [6.45, 7) is 4.28. The number of carbonyl (C=O) groups excluding carboxylic acids is 1. The zero-order valence-electron chi connectivity index (χ0n) is 9.88. The summed E-state index contributed by atoms with van der Waals surface area (Å²) in [5, 5.41) is 3.67. The number of fused-ring (bicyclic) bond motifs is 1. The van der Waals surface area contributed by atoms with E-state index < -0.39 is 0 Å². The van der Waals surface area contributed by atoms with E-state index in [4.69, 9.17) is 0 Å². The van der Waals surface area contributed by atoms with Crippen molar-refractivity contribution in [2.75, 3.05) is 5.32 Å². The summed E-state index contributed by atoms with van der Waals surface area (Å²) in [5.74, 6) is 0.841. The molecule has 3 nitrogen and oxygen atoms in total. The molecule has 1 heterocycles. The topological polar surface area (TPSA) is 42.0 Å². The second-order valence-corrected chi connectivity index (χ2v) is 5.62. The van der Waals surface area contributed by atoms with E-state index in [0.717, 1.165) is 30.3 Å². The van der Waals surface area contributed by atoms with Crippen LogP contribution in [0.25, 0.3) is 0 Å². The Bertz CT molecular complexity index is 386. The highest BCUT2D eigenvalue weighted by Gasteiger charge is 2.20. The molecule has 0 spiro atoms. The van der Waals surface area contributed by atoms with Crippen molar-refractivity contribution in [3.05, 3.63) is 10.6 Å². The summed E-state index contributed by atoms with van der Waals surface area (Å²) >= 11 is 1.65. The Balaban J connectivity index is 2.04. The lowest BCUT2D eigenvalue weighted by molar-refractivity contribution is -0.116. The largest absolute Gasteiger partial charge is 0.302 e. The molecule has 1 N–H and O–H groups in total. The van der Waals surface area contributed by atoms with Crippen LogP contribution < -0.4 is 5.32 Å². The maximum atomic E-state index is 11.4. The van der Waals surface area contributed by atoms with E-state index in [1.165, 1.54) is 17.0 Å². The van der Waals surface area contributed by atoms with E-state index >= 15 is 0 Å². The van der Waals surface area contributed by atoms with Gasteiger partial charge in [-0.05, 0) is 31.6 Å². The minimum Gasteiger partial charge on any atom is -0.302 e. The van der Waals surface area contributed by atoms with Crippen molar-refractivity contribution < 1.29 is 4.79 Å². The second-order valence-electron chi connectivity index (χ2n) is 4.54. The molecule has 0 aromatic carbocycles. The van der Waals surface area contributed by atoms with Crippen molar-refractivity contribution in [2.24, 2.45) is 5.92 Å². The van der Waals surface area contributed by atoms with Crippen LogP contribution in [-0.2, 0) is 17.6 Å². The number of nitrogens with one attached hydrogen (secondary N) is 1. The van der Waals surface area contributed by atoms with Gasteiger partial charge < -0.3 is 5.32 Å². The molecule has 1 amide bonds. The summed E-state index contributed by atoms with van der Waals surface area (Å²) in [4.78, 5) is 17.3. The number of amides is 1. The van der Waals surface area contributed by atoms with E-state index in [0.29, 0.717) is 6.42 Å². The van der Waals surface area contributed by atoms with Crippen LogP contribution in [0.3, 0.4) is 0 Å². The number of hydrogen-bond donors (Lipinski definition) is 1. The standard InChI is InChI=1S/C12H18N2OS/c1-3-4-11(15)14-12-13-9-6-5-8(2)7-10(9)16-12/h8H,3-7H2,1-2H3,(H,13,14,15)/t8-/m0/s1. The molecular weight excluding hydrogens is 220 g/mol. The smallest absolute Gasteiger partial charge is 0.226 e. The predicted molar refractivity (Wildman–Crippen MR) is 66.8 cm³/mol. The third kappa shape index (κ3) is 2.61. The highest BCUT2D eigenvalue weighted by atomic mass is 32.1. The third-order valence-electron chi connectivity index (χ3n) is 2.91. The van der Waals surface area contributed by atoms with Gasteiger partial charge in [0.2, 0.25) is 5.91 Å². The Kier molecular flexibility index (Phi) is 3.59. The molecule has 2 rings (SSSR count). The van der Waals surface area contributed by atoms with Crippen LogP contribution in [0.2, 0.25) is 0 Å². The van der Waals surface area contributed by atoms with E-state index in [1.807, 2.05) is 6.92 Å². The van der Waals surface area contributed by atoms with Crippen LogP contribution >= 0.6 is 11.3 Å². The molecule has 4 heteroatoms. The van der Waals surface area contributed by atoms with Gasteiger partial charge in [0, 0.05) is 11.3 Å². The third-order valence-corrected chi connectivity index (χ3v) is 3.94. The van der Waals surface area contributed by atoms with Gasteiger partial charge in [-0.15, -0.1) is 11.3 Å². The van der Waals surface area contributed by atoms with Crippen LogP contribution in [0, 0.1) is 5.92 Å². The van der Waals surface area contributed by atoms with Gasteiger partial charge in [0.15, 0.2) is 5.13 Å². The van der Waals surface area contributed by atoms with E-state index in [1.54, 1.807) is 11.3 Å². The van der Waals surface area contributed by atoms with Crippen LogP contribution in [0.1, 0.15) is 43.7 Å². The fourth-order valence-electron chi connectivity index (χ4n) is 2.00. The number of rotatable bonds is 3. The number of aryl methyl sites for hydroxylation is 1. The Morgan fingerprint density at radius 3 is 3.19 bits per heavy atom. The molecule has 1 aromatic rings. The lowest BCUT2D eigenvalue weighted by atomic mass is 9.93. The van der Waals surface area contributed by atoms with Crippen molar-refractivity contribution in [1.82, 2.24) is 4.98 Å². The first-order chi connectivity index (χ1) is 7.69. The zero-order valence-corrected chi connectivity index (χ0v) is 10.7. The quantitative estimate of drug-likeness (QED) is 0.879. The summed E-state index contributed by atoms with van der Waals surface area (Å²) in [7, 11) is 0. The SMILES string of the molecule is CCCC(=O)Nc1nc2c(s1)C[C@@H](C)CC2. The highest BCUT2D eigenvalue weighted by molar-refractivity contribution is 7.15. The molecule has 0 unspecified atom stereocenters. The number of hydrogen-bond acceptors (Lipinski definition) is 3. The van der Waals surface area contributed by atoms with Crippen molar-refractivity contribution in [3.63, 3.8) is 0 Å². The Morgan fingerprint density at radius 2 is 2.44 bits per heavy atom. The molecule has 0 saturated carbocycles. The first-order valence-electron chi connectivity index (χ1n) is 5.97. The van der Waals surface area contributed by atoms with Crippen molar-refractivity contribution >= 4 is 22.4 Å². The first kappa shape index (κ1) is 11.6. The lowest BCUT2D eigenvalue weighted by Crippen LogP contribution is -2.10. The number of nitrogens with zero attached hydrogens (tertiary/aromatic N) is 1. The van der Waals surface area contributed by atoms with Gasteiger partial charge in [-0.3, -0.25) is 4.79 Å². The average molecular weight is 238 g/mol. The molecule has 0 fully saturated rings. The van der Waals surface area contributed by atoms with Gasteiger partial charge >= 0.3 is 0 Å². The Labute approximate surface area is 100 Å². The highest BCUT2D eigenvalue weighted by Crippen LogP contribution is 2.32. The average Bonchev–Trinajstić information content (AvgIpc) is 2.59. The van der Waals surface area contributed by atoms with Crippen molar-refractivity contribution in [1.29, 1.82) is 0 Å². The Hall–Kier alpha value is -0.900. The molecule has 16 heavy (non-hydrogen) atoms. The number of thiazole rings is 1. The second kappa shape index (κ2) is 4.95. The van der Waals surface area contributed by atoms with Gasteiger partial charge in [0.1, 0.15) is 0 Å². The van der Waals surface area contributed by atoms with E-state index in [2.05, 4.69) is 17.2 Å². The van der Waals surface area contributed by atoms with Crippen LogP contribution in [0.4, 0.5) is 5.13 Å². The first-order valence-corrected chi connectivity index (χ1v) is 6.79. The maximum absolute atomic E-state index is 11.4. The molecule has 88 valence electrons. The fraction of sp³-hybridized carbons (Fsp3) is 0.667. The normalized spacial score (nSPS) is 19.2. The van der Waals surface area contributed by atoms with Gasteiger partial charge in [-0.1, -0.05) is 13.8 Å². The minimum atomic E-state index is 0.0849. The predicted octanol–water partition coefficient (Wildman–Crippen LogP) is 3.01. The zero-order chi connectivity index (χ0) is 11.5. The molecule has 0 radical (unpaired) electrons. The molecule has 1 aliphatic carbocycles. The summed E-state index contributed by atoms with van der Waals surface area (Å²) < 4.78 is 0. The number of anilines is 1. The summed E-state index contributed by atoms with van der Waals surface area (Å²) in [6, 6.07) is 0. The van der Waals surface area contributed by atoms with E-state index in [-0.39, 0.29) is 5.91 Å². The lowest BCUT2D eigenvalue weighted by Gasteiger charge is -2.15. The van der Waals surface area contributed by atoms with Gasteiger partial charge in [0.25, 0.3) is 0 Å².